The molecule has 2 aromatic carbocycles. The largest absolute Gasteiger partial charge is 0.496 e. The van der Waals surface area contributed by atoms with Crippen LogP contribution in [0.1, 0.15) is 23.0 Å². The van der Waals surface area contributed by atoms with Gasteiger partial charge in [0.25, 0.3) is 5.91 Å². The normalized spacial score (nSPS) is 10.7. The van der Waals surface area contributed by atoms with Gasteiger partial charge in [-0.2, -0.15) is 0 Å². The van der Waals surface area contributed by atoms with E-state index in [2.05, 4.69) is 10.3 Å². The van der Waals surface area contributed by atoms with Gasteiger partial charge in [-0.05, 0) is 30.7 Å². The lowest BCUT2D eigenvalue weighted by Crippen LogP contribution is -2.24. The predicted octanol–water partition coefficient (Wildman–Crippen LogP) is 3.86. The molecule has 1 amide bonds. The van der Waals surface area contributed by atoms with Crippen LogP contribution in [0, 0.1) is 11.6 Å². The Morgan fingerprint density at radius 2 is 1.79 bits per heavy atom. The Balaban J connectivity index is 1.84. The van der Waals surface area contributed by atoms with Crippen molar-refractivity contribution in [1.29, 1.82) is 0 Å². The molecule has 29 heavy (non-hydrogen) atoms. The number of rotatable bonds is 7. The maximum absolute atomic E-state index is 14.1. The molecule has 0 radical (unpaired) electrons. The molecule has 1 aromatic heterocycles. The van der Waals surface area contributed by atoms with Crippen LogP contribution in [0.25, 0.3) is 10.9 Å². The van der Waals surface area contributed by atoms with Gasteiger partial charge in [0, 0.05) is 24.1 Å². The Morgan fingerprint density at radius 3 is 2.48 bits per heavy atom. The van der Waals surface area contributed by atoms with Crippen molar-refractivity contribution in [3.63, 3.8) is 0 Å². The van der Waals surface area contributed by atoms with Crippen LogP contribution in [-0.4, -0.2) is 31.7 Å². The summed E-state index contributed by atoms with van der Waals surface area (Å²) in [6.45, 7) is 2.52. The Hall–Kier alpha value is -3.42. The second-order valence-electron chi connectivity index (χ2n) is 6.09. The highest BCUT2D eigenvalue weighted by Crippen LogP contribution is 2.29. The monoisotopic (exact) mass is 402 g/mol. The summed E-state index contributed by atoms with van der Waals surface area (Å²) in [5.41, 5.74) is 0.598. The highest BCUT2D eigenvalue weighted by Gasteiger charge is 2.16. The number of fused-ring (bicyclic) bond motifs is 1. The number of hydrogen-bond acceptors (Lipinski definition) is 5. The maximum atomic E-state index is 14.1. The number of carbonyl (C=O) groups is 1. The Bertz CT molecular complexity index is 1060. The smallest absolute Gasteiger partial charge is 0.270 e. The lowest BCUT2D eigenvalue weighted by molar-refractivity contribution is 0.0946. The number of hydrogen-bond donors (Lipinski definition) is 1. The molecule has 0 saturated heterocycles. The first-order chi connectivity index (χ1) is 14.0. The van der Waals surface area contributed by atoms with Crippen molar-refractivity contribution in [2.24, 2.45) is 0 Å². The van der Waals surface area contributed by atoms with Crippen LogP contribution >= 0.6 is 0 Å². The van der Waals surface area contributed by atoms with Crippen molar-refractivity contribution in [2.75, 3.05) is 20.8 Å². The van der Waals surface area contributed by atoms with Crippen LogP contribution in [0.15, 0.2) is 36.4 Å². The molecule has 0 aliphatic carbocycles. The summed E-state index contributed by atoms with van der Waals surface area (Å²) >= 11 is 0. The molecule has 8 heteroatoms. The second kappa shape index (κ2) is 8.72. The summed E-state index contributed by atoms with van der Waals surface area (Å²) in [6, 6.07) is 8.46. The number of aromatic nitrogens is 1. The first-order valence-electron chi connectivity index (χ1n) is 8.88. The van der Waals surface area contributed by atoms with Gasteiger partial charge in [-0.15, -0.1) is 0 Å². The molecule has 0 atom stereocenters. The number of benzene rings is 2. The summed E-state index contributed by atoms with van der Waals surface area (Å²) in [4.78, 5) is 16.6. The minimum atomic E-state index is -0.871. The fraction of sp³-hybridized carbons (Fsp3) is 0.238. The molecule has 3 aromatic rings. The minimum absolute atomic E-state index is 0.0431. The van der Waals surface area contributed by atoms with E-state index < -0.39 is 17.5 Å². The van der Waals surface area contributed by atoms with Crippen molar-refractivity contribution in [3.05, 3.63) is 59.3 Å². The lowest BCUT2D eigenvalue weighted by atomic mass is 10.1. The molecular weight excluding hydrogens is 382 g/mol. The van der Waals surface area contributed by atoms with E-state index in [0.29, 0.717) is 24.2 Å². The molecule has 1 N–H and O–H groups in total. The Kier molecular flexibility index (Phi) is 6.11. The molecule has 6 nitrogen and oxygen atoms in total. The minimum Gasteiger partial charge on any atom is -0.496 e. The highest BCUT2D eigenvalue weighted by atomic mass is 19.1. The average molecular weight is 402 g/mol. The summed E-state index contributed by atoms with van der Waals surface area (Å²) in [5.74, 6) is -0.840. The van der Waals surface area contributed by atoms with Crippen molar-refractivity contribution in [1.82, 2.24) is 10.3 Å². The van der Waals surface area contributed by atoms with E-state index in [-0.39, 0.29) is 28.9 Å². The molecule has 0 aliphatic rings. The molecule has 0 bridgehead atoms. The molecule has 152 valence electrons. The fourth-order valence-corrected chi connectivity index (χ4v) is 2.88. The van der Waals surface area contributed by atoms with Crippen LogP contribution in [0.4, 0.5) is 8.78 Å². The van der Waals surface area contributed by atoms with E-state index in [1.54, 1.807) is 25.3 Å². The van der Waals surface area contributed by atoms with Crippen LogP contribution in [0.3, 0.4) is 0 Å². The van der Waals surface area contributed by atoms with E-state index >= 15 is 0 Å². The molecule has 0 fully saturated rings. The zero-order valence-electron chi connectivity index (χ0n) is 16.2. The van der Waals surface area contributed by atoms with Gasteiger partial charge in [0.1, 0.15) is 22.8 Å². The average Bonchev–Trinajstić information content (AvgIpc) is 2.71. The van der Waals surface area contributed by atoms with E-state index in [4.69, 9.17) is 14.2 Å². The van der Waals surface area contributed by atoms with Gasteiger partial charge in [0.05, 0.1) is 20.8 Å². The van der Waals surface area contributed by atoms with Crippen molar-refractivity contribution >= 4 is 16.8 Å². The molecule has 1 heterocycles. The van der Waals surface area contributed by atoms with Crippen molar-refractivity contribution in [2.45, 2.75) is 13.5 Å². The van der Waals surface area contributed by atoms with Crippen molar-refractivity contribution < 1.29 is 27.8 Å². The standard InChI is InChI=1S/C21H20F2N2O4/c1-4-29-19-7-12(5-6-17(19)27-2)11-24-21(26)16-10-18(28-3)14-8-13(22)9-15(23)20(14)25-16/h5-10H,4,11H2,1-3H3,(H,24,26). The molecule has 0 unspecified atom stereocenters. The molecular formula is C21H20F2N2O4. The zero-order valence-corrected chi connectivity index (χ0v) is 16.2. The van der Waals surface area contributed by atoms with Gasteiger partial charge in [-0.1, -0.05) is 6.07 Å². The molecule has 0 aliphatic heterocycles. The highest BCUT2D eigenvalue weighted by molar-refractivity contribution is 5.97. The Labute approximate surface area is 166 Å². The summed E-state index contributed by atoms with van der Waals surface area (Å²) in [5, 5.41) is 2.87. The van der Waals surface area contributed by atoms with Crippen LogP contribution in [0.5, 0.6) is 17.2 Å². The van der Waals surface area contributed by atoms with Crippen molar-refractivity contribution in [3.8, 4) is 17.2 Å². The number of carbonyl (C=O) groups excluding carboxylic acids is 1. The van der Waals surface area contributed by atoms with Gasteiger partial charge in [0.2, 0.25) is 0 Å². The van der Waals surface area contributed by atoms with Crippen LogP contribution < -0.4 is 19.5 Å². The van der Waals surface area contributed by atoms with Gasteiger partial charge in [-0.25, -0.2) is 13.8 Å². The maximum Gasteiger partial charge on any atom is 0.270 e. The zero-order chi connectivity index (χ0) is 21.0. The van der Waals surface area contributed by atoms with Gasteiger partial charge < -0.3 is 19.5 Å². The Morgan fingerprint density at radius 1 is 1.03 bits per heavy atom. The van der Waals surface area contributed by atoms with Crippen LogP contribution in [0.2, 0.25) is 0 Å². The van der Waals surface area contributed by atoms with Gasteiger partial charge in [-0.3, -0.25) is 4.79 Å². The first-order valence-corrected chi connectivity index (χ1v) is 8.88. The third-order valence-corrected chi connectivity index (χ3v) is 4.23. The number of methoxy groups -OCH3 is 2. The number of nitrogens with zero attached hydrogens (tertiary/aromatic N) is 1. The van der Waals surface area contributed by atoms with E-state index in [0.717, 1.165) is 11.6 Å². The number of nitrogens with one attached hydrogen (secondary N) is 1. The molecule has 0 saturated carbocycles. The SMILES string of the molecule is CCOc1cc(CNC(=O)c2cc(OC)c3cc(F)cc(F)c3n2)ccc1OC. The molecule has 0 spiro atoms. The number of ether oxygens (including phenoxy) is 3. The lowest BCUT2D eigenvalue weighted by Gasteiger charge is -2.12. The number of amides is 1. The molecule has 3 rings (SSSR count). The summed E-state index contributed by atoms with van der Waals surface area (Å²) in [7, 11) is 2.90. The topological polar surface area (TPSA) is 69.7 Å². The quantitative estimate of drug-likeness (QED) is 0.650. The first kappa shape index (κ1) is 20.3. The van der Waals surface area contributed by atoms with E-state index in [9.17, 15) is 13.6 Å². The summed E-state index contributed by atoms with van der Waals surface area (Å²) in [6.07, 6.45) is 0. The number of halogens is 2. The van der Waals surface area contributed by atoms with Gasteiger partial charge >= 0.3 is 0 Å². The van der Waals surface area contributed by atoms with E-state index in [1.165, 1.54) is 13.2 Å². The fourth-order valence-electron chi connectivity index (χ4n) is 2.88. The second-order valence-corrected chi connectivity index (χ2v) is 6.09. The van der Waals surface area contributed by atoms with Gasteiger partial charge in [0.15, 0.2) is 17.3 Å². The van der Waals surface area contributed by atoms with Crippen LogP contribution in [-0.2, 0) is 6.54 Å². The summed E-state index contributed by atoms with van der Waals surface area (Å²) < 4.78 is 43.6. The third kappa shape index (κ3) is 4.37. The third-order valence-electron chi connectivity index (χ3n) is 4.23. The predicted molar refractivity (Wildman–Crippen MR) is 104 cm³/mol. The van der Waals surface area contributed by atoms with E-state index in [1.807, 2.05) is 6.92 Å². The number of pyridine rings is 1.